The lowest BCUT2D eigenvalue weighted by molar-refractivity contribution is -0.118. The minimum atomic E-state index is -0.488. The average molecular weight is 198 g/mol. The second-order valence-electron chi connectivity index (χ2n) is 3.06. The van der Waals surface area contributed by atoms with Crippen molar-refractivity contribution in [3.63, 3.8) is 0 Å². The van der Waals surface area contributed by atoms with Gasteiger partial charge in [0.1, 0.15) is 6.61 Å². The summed E-state index contributed by atoms with van der Waals surface area (Å²) in [5, 5.41) is 13.5. The van der Waals surface area contributed by atoms with Crippen LogP contribution in [0.3, 0.4) is 0 Å². The van der Waals surface area contributed by atoms with Crippen LogP contribution < -0.4 is 5.32 Å². The van der Waals surface area contributed by atoms with Gasteiger partial charge in [0.2, 0.25) is 0 Å². The number of hydrogen-bond donors (Lipinski definition) is 2. The maximum absolute atomic E-state index is 10.8. The number of aromatic nitrogens is 1. The van der Waals surface area contributed by atoms with E-state index in [0.717, 1.165) is 5.69 Å². The molecule has 5 heteroatoms. The predicted octanol–water partition coefficient (Wildman–Crippen LogP) is 0.951. The maximum atomic E-state index is 10.8. The van der Waals surface area contributed by atoms with E-state index >= 15 is 0 Å². The van der Waals surface area contributed by atoms with Gasteiger partial charge in [0, 0.05) is 11.3 Å². The summed E-state index contributed by atoms with van der Waals surface area (Å²) in [5.74, 6) is 0.202. The predicted molar refractivity (Wildman–Crippen MR) is 49.8 cm³/mol. The van der Waals surface area contributed by atoms with Crippen LogP contribution in [0.25, 0.3) is 0 Å². The minimum absolute atomic E-state index is 0.406. The lowest BCUT2D eigenvalue weighted by atomic mass is 10.3. The number of aliphatic hydroxyl groups is 1. The van der Waals surface area contributed by atoms with Gasteiger partial charge in [-0.05, 0) is 12.8 Å². The summed E-state index contributed by atoms with van der Waals surface area (Å²) >= 11 is 1.41. The number of aliphatic hydroxyl groups excluding tert-OH is 1. The Morgan fingerprint density at radius 3 is 3.15 bits per heavy atom. The number of amides is 1. The van der Waals surface area contributed by atoms with Gasteiger partial charge in [0.25, 0.3) is 5.91 Å². The van der Waals surface area contributed by atoms with E-state index in [0.29, 0.717) is 11.0 Å². The van der Waals surface area contributed by atoms with Crippen LogP contribution in [0.2, 0.25) is 0 Å². The van der Waals surface area contributed by atoms with Gasteiger partial charge < -0.3 is 5.11 Å². The van der Waals surface area contributed by atoms with Crippen molar-refractivity contribution in [2.24, 2.45) is 0 Å². The second kappa shape index (κ2) is 3.43. The van der Waals surface area contributed by atoms with Crippen LogP contribution in [0, 0.1) is 0 Å². The fourth-order valence-corrected chi connectivity index (χ4v) is 1.88. The van der Waals surface area contributed by atoms with E-state index in [4.69, 9.17) is 5.11 Å². The van der Waals surface area contributed by atoms with Crippen LogP contribution in [-0.2, 0) is 4.79 Å². The Morgan fingerprint density at radius 1 is 1.77 bits per heavy atom. The summed E-state index contributed by atoms with van der Waals surface area (Å²) in [6.45, 7) is -0.488. The van der Waals surface area contributed by atoms with E-state index in [1.807, 2.05) is 5.38 Å². The van der Waals surface area contributed by atoms with Crippen LogP contribution in [0.4, 0.5) is 5.13 Å². The van der Waals surface area contributed by atoms with E-state index in [1.54, 1.807) is 0 Å². The third-order valence-corrected chi connectivity index (χ3v) is 2.68. The van der Waals surface area contributed by atoms with E-state index < -0.39 is 12.5 Å². The summed E-state index contributed by atoms with van der Waals surface area (Å²) in [5.41, 5.74) is 1.07. The van der Waals surface area contributed by atoms with Crippen molar-refractivity contribution in [1.29, 1.82) is 0 Å². The molecule has 0 aliphatic heterocycles. The Hall–Kier alpha value is -0.940. The molecular weight excluding hydrogens is 188 g/mol. The number of rotatable bonds is 3. The molecule has 0 atom stereocenters. The highest BCUT2D eigenvalue weighted by atomic mass is 32.1. The highest BCUT2D eigenvalue weighted by Gasteiger charge is 2.26. The number of hydrogen-bond acceptors (Lipinski definition) is 4. The van der Waals surface area contributed by atoms with Crippen LogP contribution in [-0.4, -0.2) is 22.6 Å². The number of nitrogens with zero attached hydrogens (tertiary/aromatic N) is 1. The van der Waals surface area contributed by atoms with Crippen molar-refractivity contribution < 1.29 is 9.90 Å². The molecule has 1 fully saturated rings. The van der Waals surface area contributed by atoms with Crippen LogP contribution in [0.1, 0.15) is 24.5 Å². The minimum Gasteiger partial charge on any atom is -0.387 e. The molecule has 1 aliphatic rings. The summed E-state index contributed by atoms with van der Waals surface area (Å²) in [6.07, 6.45) is 2.41. The van der Waals surface area contributed by atoms with Crippen molar-refractivity contribution in [1.82, 2.24) is 4.98 Å². The van der Waals surface area contributed by atoms with Gasteiger partial charge in [-0.15, -0.1) is 11.3 Å². The van der Waals surface area contributed by atoms with Crippen molar-refractivity contribution in [2.45, 2.75) is 18.8 Å². The topological polar surface area (TPSA) is 62.2 Å². The SMILES string of the molecule is O=C(CO)Nc1nc(C2CC2)cs1. The highest BCUT2D eigenvalue weighted by Crippen LogP contribution is 2.40. The molecule has 13 heavy (non-hydrogen) atoms. The van der Waals surface area contributed by atoms with Gasteiger partial charge in [-0.2, -0.15) is 0 Å². The van der Waals surface area contributed by atoms with Gasteiger partial charge in [0.05, 0.1) is 5.69 Å². The number of nitrogens with one attached hydrogen (secondary N) is 1. The third-order valence-electron chi connectivity index (χ3n) is 1.91. The quantitative estimate of drug-likeness (QED) is 0.760. The Balaban J connectivity index is 2.00. The molecule has 0 saturated heterocycles. The summed E-state index contributed by atoms with van der Waals surface area (Å²) < 4.78 is 0. The molecule has 1 amide bonds. The van der Waals surface area contributed by atoms with Crippen molar-refractivity contribution >= 4 is 22.4 Å². The molecule has 4 nitrogen and oxygen atoms in total. The van der Waals surface area contributed by atoms with Crippen molar-refractivity contribution in [3.8, 4) is 0 Å². The normalized spacial score (nSPS) is 15.8. The van der Waals surface area contributed by atoms with Gasteiger partial charge in [-0.25, -0.2) is 4.98 Å². The lowest BCUT2D eigenvalue weighted by Crippen LogP contribution is -2.15. The zero-order chi connectivity index (χ0) is 9.26. The monoisotopic (exact) mass is 198 g/mol. The van der Waals surface area contributed by atoms with Gasteiger partial charge >= 0.3 is 0 Å². The Labute approximate surface area is 79.6 Å². The molecule has 1 heterocycles. The summed E-state index contributed by atoms with van der Waals surface area (Å²) in [6, 6.07) is 0. The van der Waals surface area contributed by atoms with Crippen molar-refractivity contribution in [2.75, 3.05) is 11.9 Å². The second-order valence-corrected chi connectivity index (χ2v) is 3.92. The van der Waals surface area contributed by atoms with E-state index in [2.05, 4.69) is 10.3 Å². The molecular formula is C8H10N2O2S. The lowest BCUT2D eigenvalue weighted by Gasteiger charge is -1.95. The summed E-state index contributed by atoms with van der Waals surface area (Å²) in [4.78, 5) is 15.0. The molecule has 0 aromatic carbocycles. The van der Waals surface area contributed by atoms with Crippen molar-refractivity contribution in [3.05, 3.63) is 11.1 Å². The first-order valence-corrected chi connectivity index (χ1v) is 5.03. The van der Waals surface area contributed by atoms with Crippen LogP contribution in [0.5, 0.6) is 0 Å². The Kier molecular flexibility index (Phi) is 2.28. The number of anilines is 1. The fraction of sp³-hybridized carbons (Fsp3) is 0.500. The molecule has 0 unspecified atom stereocenters. The molecule has 1 aromatic rings. The summed E-state index contributed by atoms with van der Waals surface area (Å²) in [7, 11) is 0. The van der Waals surface area contributed by atoms with E-state index in [-0.39, 0.29) is 0 Å². The zero-order valence-electron chi connectivity index (χ0n) is 6.99. The largest absolute Gasteiger partial charge is 0.387 e. The maximum Gasteiger partial charge on any atom is 0.251 e. The molecule has 70 valence electrons. The standard InChI is InChI=1S/C8H10N2O2S/c11-3-7(12)10-8-9-6(4-13-8)5-1-2-5/h4-5,11H,1-3H2,(H,9,10,12). The van der Waals surface area contributed by atoms with E-state index in [1.165, 1.54) is 24.2 Å². The smallest absolute Gasteiger partial charge is 0.251 e. The molecule has 1 aliphatic carbocycles. The molecule has 0 spiro atoms. The van der Waals surface area contributed by atoms with Crippen LogP contribution in [0.15, 0.2) is 5.38 Å². The third kappa shape index (κ3) is 2.05. The fourth-order valence-electron chi connectivity index (χ4n) is 1.07. The molecule has 0 bridgehead atoms. The number of carbonyl (C=O) groups excluding carboxylic acids is 1. The Morgan fingerprint density at radius 2 is 2.54 bits per heavy atom. The molecule has 1 saturated carbocycles. The average Bonchev–Trinajstić information content (AvgIpc) is 2.88. The first-order valence-electron chi connectivity index (χ1n) is 4.15. The zero-order valence-corrected chi connectivity index (χ0v) is 7.80. The first kappa shape index (κ1) is 8.65. The van der Waals surface area contributed by atoms with Gasteiger partial charge in [0.15, 0.2) is 5.13 Å². The van der Waals surface area contributed by atoms with E-state index in [9.17, 15) is 4.79 Å². The Bertz CT molecular complexity index is 320. The van der Waals surface area contributed by atoms with Gasteiger partial charge in [-0.3, -0.25) is 10.1 Å². The molecule has 2 N–H and O–H groups in total. The first-order chi connectivity index (χ1) is 6.29. The molecule has 1 aromatic heterocycles. The molecule has 2 rings (SSSR count). The number of thiazole rings is 1. The number of carbonyl (C=O) groups is 1. The van der Waals surface area contributed by atoms with Crippen LogP contribution >= 0.6 is 11.3 Å². The highest BCUT2D eigenvalue weighted by molar-refractivity contribution is 7.13. The van der Waals surface area contributed by atoms with Gasteiger partial charge in [-0.1, -0.05) is 0 Å². The molecule has 0 radical (unpaired) electrons.